The van der Waals surface area contributed by atoms with E-state index in [2.05, 4.69) is 15.0 Å². The van der Waals surface area contributed by atoms with Crippen LogP contribution in [0.15, 0.2) is 66.6 Å². The van der Waals surface area contributed by atoms with Gasteiger partial charge in [0.2, 0.25) is 5.79 Å². The smallest absolute Gasteiger partial charge is 0.465 e. The van der Waals surface area contributed by atoms with Gasteiger partial charge in [-0.05, 0) is 23.3 Å². The Balaban J connectivity index is 2.06. The Morgan fingerprint density at radius 3 is 2.50 bits per heavy atom. The molecule has 1 aromatic carbocycles. The number of carbonyl (C=O) groups excluding carboxylic acids is 1. The molecule has 1 heterocycles. The molecule has 0 fully saturated rings. The summed E-state index contributed by atoms with van der Waals surface area (Å²) >= 11 is 0. The highest BCUT2D eigenvalue weighted by Crippen LogP contribution is 2.42. The molecule has 0 aliphatic heterocycles. The number of hydrogen-bond donors (Lipinski definition) is 1. The summed E-state index contributed by atoms with van der Waals surface area (Å²) in [4.78, 5) is 15.9. The Morgan fingerprint density at radius 2 is 1.87 bits per heavy atom. The number of nitrogens with zero attached hydrogens (tertiary/aromatic N) is 1. The van der Waals surface area contributed by atoms with Crippen LogP contribution in [0, 0.1) is 0 Å². The van der Waals surface area contributed by atoms with Crippen molar-refractivity contribution in [2.45, 2.75) is 18.6 Å². The average Bonchev–Trinajstić information content (AvgIpc) is 2.74. The molecule has 0 amide bonds. The zero-order valence-corrected chi connectivity index (χ0v) is 16.2. The number of allylic oxidation sites excluding steroid dienone is 2. The number of aromatic nitrogens is 1. The number of halogens is 3. The summed E-state index contributed by atoms with van der Waals surface area (Å²) in [5, 5.41) is 2.80. The van der Waals surface area contributed by atoms with E-state index in [9.17, 15) is 18.0 Å². The van der Waals surface area contributed by atoms with Gasteiger partial charge in [0.1, 0.15) is 0 Å². The molecule has 0 spiro atoms. The molecule has 0 saturated heterocycles. The minimum Gasteiger partial charge on any atom is -0.465 e. The maximum absolute atomic E-state index is 13.3. The van der Waals surface area contributed by atoms with E-state index < -0.39 is 18.1 Å². The van der Waals surface area contributed by atoms with Gasteiger partial charge in [-0.3, -0.25) is 9.72 Å². The van der Waals surface area contributed by atoms with Gasteiger partial charge in [-0.25, -0.2) is 4.79 Å². The van der Waals surface area contributed by atoms with Gasteiger partial charge in [-0.15, -0.1) is 13.2 Å². The number of esters is 1. The molecule has 1 aliphatic rings. The molecule has 1 atom stereocenters. The third-order valence-corrected chi connectivity index (χ3v) is 4.54. The SMILES string of the molecule is COC(=O)c1ccncc1NC1=CC=C(c2ccccc2)CC1(OC)OC(F)(F)F. The van der Waals surface area contributed by atoms with E-state index in [1.165, 1.54) is 31.6 Å². The van der Waals surface area contributed by atoms with E-state index in [1.807, 2.05) is 6.07 Å². The van der Waals surface area contributed by atoms with Crippen molar-refractivity contribution < 1.29 is 32.2 Å². The second-order valence-corrected chi connectivity index (χ2v) is 6.36. The number of alkyl halides is 3. The molecule has 1 N–H and O–H groups in total. The molecule has 0 radical (unpaired) electrons. The van der Waals surface area contributed by atoms with Gasteiger partial charge in [0.05, 0.1) is 30.3 Å². The van der Waals surface area contributed by atoms with Crippen LogP contribution in [0.25, 0.3) is 5.57 Å². The Morgan fingerprint density at radius 1 is 1.13 bits per heavy atom. The van der Waals surface area contributed by atoms with Crippen molar-refractivity contribution in [2.24, 2.45) is 0 Å². The number of anilines is 1. The number of hydrogen-bond acceptors (Lipinski definition) is 6. The summed E-state index contributed by atoms with van der Waals surface area (Å²) in [5.74, 6) is -2.86. The topological polar surface area (TPSA) is 69.7 Å². The Hall–Kier alpha value is -3.17. The zero-order chi connectivity index (χ0) is 21.8. The quantitative estimate of drug-likeness (QED) is 0.547. The number of ether oxygens (including phenoxy) is 3. The lowest BCUT2D eigenvalue weighted by Crippen LogP contribution is -2.45. The van der Waals surface area contributed by atoms with E-state index in [0.29, 0.717) is 5.57 Å². The number of pyridine rings is 1. The standard InChI is InChI=1S/C21H19F3N2O4/c1-28-19(27)16-10-11-25-13-17(16)26-18-9-8-15(14-6-4-3-5-7-14)12-20(18,29-2)30-21(22,23)24/h3-11,13,26H,12H2,1-2H3. The molecule has 9 heteroatoms. The number of benzene rings is 1. The lowest BCUT2D eigenvalue weighted by molar-refractivity contribution is -0.401. The third kappa shape index (κ3) is 4.69. The van der Waals surface area contributed by atoms with Crippen molar-refractivity contribution in [3.63, 3.8) is 0 Å². The Bertz CT molecular complexity index is 974. The molecule has 6 nitrogen and oxygen atoms in total. The molecule has 0 bridgehead atoms. The first-order chi connectivity index (χ1) is 14.3. The zero-order valence-electron chi connectivity index (χ0n) is 16.2. The minimum atomic E-state index is -4.98. The fourth-order valence-corrected chi connectivity index (χ4v) is 3.13. The van der Waals surface area contributed by atoms with Crippen LogP contribution in [0.5, 0.6) is 0 Å². The van der Waals surface area contributed by atoms with E-state index >= 15 is 0 Å². The lowest BCUT2D eigenvalue weighted by atomic mass is 9.91. The number of methoxy groups -OCH3 is 2. The Kier molecular flexibility index (Phi) is 6.23. The number of rotatable bonds is 6. The molecule has 1 unspecified atom stereocenters. The molecule has 1 aliphatic carbocycles. The normalized spacial score (nSPS) is 19.0. The first kappa shape index (κ1) is 21.5. The van der Waals surface area contributed by atoms with Gasteiger partial charge in [0.25, 0.3) is 0 Å². The highest BCUT2D eigenvalue weighted by atomic mass is 19.4. The van der Waals surface area contributed by atoms with Crippen molar-refractivity contribution in [1.82, 2.24) is 4.98 Å². The van der Waals surface area contributed by atoms with E-state index in [1.54, 1.807) is 30.3 Å². The van der Waals surface area contributed by atoms with Crippen molar-refractivity contribution in [3.05, 3.63) is 77.8 Å². The summed E-state index contributed by atoms with van der Waals surface area (Å²) in [5.41, 5.74) is 1.53. The second-order valence-electron chi connectivity index (χ2n) is 6.36. The summed E-state index contributed by atoms with van der Waals surface area (Å²) in [6.45, 7) is 0. The first-order valence-electron chi connectivity index (χ1n) is 8.86. The Labute approximate surface area is 171 Å². The number of nitrogens with one attached hydrogen (secondary N) is 1. The van der Waals surface area contributed by atoms with Crippen molar-refractivity contribution >= 4 is 17.2 Å². The van der Waals surface area contributed by atoms with E-state index in [0.717, 1.165) is 12.7 Å². The van der Waals surface area contributed by atoms with Crippen LogP contribution in [0.3, 0.4) is 0 Å². The van der Waals surface area contributed by atoms with Crippen LogP contribution in [-0.4, -0.2) is 37.3 Å². The van der Waals surface area contributed by atoms with Crippen LogP contribution in [0.1, 0.15) is 22.3 Å². The van der Waals surface area contributed by atoms with Crippen LogP contribution >= 0.6 is 0 Å². The van der Waals surface area contributed by atoms with E-state index in [4.69, 9.17) is 9.47 Å². The predicted molar refractivity (Wildman–Crippen MR) is 103 cm³/mol. The van der Waals surface area contributed by atoms with Crippen LogP contribution < -0.4 is 5.32 Å². The molecule has 1 aromatic heterocycles. The fraction of sp³-hybridized carbons (Fsp3) is 0.238. The van der Waals surface area contributed by atoms with Gasteiger partial charge >= 0.3 is 12.3 Å². The molecular formula is C21H19F3N2O4. The molecule has 0 saturated carbocycles. The van der Waals surface area contributed by atoms with Crippen LogP contribution in [-0.2, 0) is 14.2 Å². The maximum Gasteiger partial charge on any atom is 0.525 e. The van der Waals surface area contributed by atoms with Crippen LogP contribution in [0.4, 0.5) is 18.9 Å². The highest BCUT2D eigenvalue weighted by molar-refractivity contribution is 5.95. The van der Waals surface area contributed by atoms with Crippen LogP contribution in [0.2, 0.25) is 0 Å². The predicted octanol–water partition coefficient (Wildman–Crippen LogP) is 4.53. The number of carbonyl (C=O) groups is 1. The second kappa shape index (κ2) is 8.68. The molecular weight excluding hydrogens is 401 g/mol. The monoisotopic (exact) mass is 420 g/mol. The van der Waals surface area contributed by atoms with Gasteiger partial charge < -0.3 is 14.8 Å². The van der Waals surface area contributed by atoms with Gasteiger partial charge in [-0.1, -0.05) is 36.4 Å². The van der Waals surface area contributed by atoms with Crippen molar-refractivity contribution in [1.29, 1.82) is 0 Å². The summed E-state index contributed by atoms with van der Waals surface area (Å²) in [6, 6.07) is 10.3. The molecule has 30 heavy (non-hydrogen) atoms. The first-order valence-corrected chi connectivity index (χ1v) is 8.86. The van der Waals surface area contributed by atoms with Gasteiger partial charge in [0, 0.05) is 19.7 Å². The average molecular weight is 420 g/mol. The third-order valence-electron chi connectivity index (χ3n) is 4.54. The summed E-state index contributed by atoms with van der Waals surface area (Å²) < 4.78 is 54.4. The largest absolute Gasteiger partial charge is 0.525 e. The summed E-state index contributed by atoms with van der Waals surface area (Å²) in [7, 11) is 2.33. The molecule has 2 aromatic rings. The van der Waals surface area contributed by atoms with E-state index in [-0.39, 0.29) is 23.4 Å². The van der Waals surface area contributed by atoms with Gasteiger partial charge in [0.15, 0.2) is 0 Å². The molecule has 3 rings (SSSR count). The minimum absolute atomic E-state index is 0.0415. The highest BCUT2D eigenvalue weighted by Gasteiger charge is 2.48. The van der Waals surface area contributed by atoms with Crippen molar-refractivity contribution in [3.8, 4) is 0 Å². The lowest BCUT2D eigenvalue weighted by Gasteiger charge is -2.38. The van der Waals surface area contributed by atoms with Crippen molar-refractivity contribution in [2.75, 3.05) is 19.5 Å². The fourth-order valence-electron chi connectivity index (χ4n) is 3.13. The molecule has 158 valence electrons. The summed E-state index contributed by atoms with van der Waals surface area (Å²) in [6.07, 6.45) is 0.571. The van der Waals surface area contributed by atoms with Gasteiger partial charge in [-0.2, -0.15) is 0 Å². The maximum atomic E-state index is 13.3.